The average Bonchev–Trinajstić information content (AvgIpc) is 2.59. The summed E-state index contributed by atoms with van der Waals surface area (Å²) >= 11 is 0. The first kappa shape index (κ1) is 19.5. The quantitative estimate of drug-likeness (QED) is 0.856. The molecule has 0 spiro atoms. The Bertz CT molecular complexity index is 799. The highest BCUT2D eigenvalue weighted by atomic mass is 16.3. The van der Waals surface area contributed by atoms with Gasteiger partial charge in [-0.2, -0.15) is 0 Å². The van der Waals surface area contributed by atoms with Crippen LogP contribution in [0, 0.1) is 11.3 Å². The molecule has 0 radical (unpaired) electrons. The van der Waals surface area contributed by atoms with Crippen LogP contribution in [0.15, 0.2) is 24.7 Å². The standard InChI is InChI=1S/C20H29N5O2/c1-13-9-14(24-17(27)10-16(26)20(2,3)4)12-25(11-13)15-5-6-22-19-18(15)21-7-8-23-19/h5-8,13-14,16,26H,9-12H2,1-4H3,(H,24,27)/t13-,14+,16?/m0/s1. The first-order valence-corrected chi connectivity index (χ1v) is 9.52. The molecule has 3 rings (SSSR count). The van der Waals surface area contributed by atoms with E-state index in [-0.39, 0.29) is 23.8 Å². The third kappa shape index (κ3) is 4.71. The molecule has 2 N–H and O–H groups in total. The van der Waals surface area contributed by atoms with Crippen LogP contribution >= 0.6 is 0 Å². The molecular formula is C20H29N5O2. The molecule has 1 unspecified atom stereocenters. The van der Waals surface area contributed by atoms with Crippen LogP contribution < -0.4 is 10.2 Å². The number of hydrogen-bond donors (Lipinski definition) is 2. The molecule has 2 aromatic rings. The van der Waals surface area contributed by atoms with Crippen LogP contribution in [0.1, 0.15) is 40.5 Å². The van der Waals surface area contributed by atoms with Crippen molar-refractivity contribution in [1.82, 2.24) is 20.3 Å². The molecule has 1 fully saturated rings. The van der Waals surface area contributed by atoms with E-state index in [2.05, 4.69) is 32.1 Å². The van der Waals surface area contributed by atoms with E-state index in [0.717, 1.165) is 24.2 Å². The number of amides is 1. The SMILES string of the molecule is C[C@H]1C[C@@H](NC(=O)CC(O)C(C)(C)C)CN(c2ccnc3nccnc23)C1. The Hall–Kier alpha value is -2.28. The lowest BCUT2D eigenvalue weighted by Gasteiger charge is -2.38. The molecule has 1 saturated heterocycles. The Balaban J connectivity index is 1.72. The molecule has 0 aliphatic carbocycles. The molecule has 3 atom stereocenters. The molecule has 146 valence electrons. The normalized spacial score (nSPS) is 21.9. The average molecular weight is 371 g/mol. The lowest BCUT2D eigenvalue weighted by molar-refractivity contribution is -0.125. The van der Waals surface area contributed by atoms with Crippen LogP contribution in [-0.4, -0.2) is 51.2 Å². The van der Waals surface area contributed by atoms with Crippen LogP contribution in [0.2, 0.25) is 0 Å². The van der Waals surface area contributed by atoms with Crippen molar-refractivity contribution in [2.45, 2.75) is 52.7 Å². The van der Waals surface area contributed by atoms with Gasteiger partial charge in [0.1, 0.15) is 5.52 Å². The van der Waals surface area contributed by atoms with E-state index in [1.807, 2.05) is 26.8 Å². The molecule has 0 saturated carbocycles. The molecule has 1 amide bonds. The van der Waals surface area contributed by atoms with Gasteiger partial charge in [0.15, 0.2) is 5.65 Å². The van der Waals surface area contributed by atoms with Crippen molar-refractivity contribution < 1.29 is 9.90 Å². The zero-order valence-corrected chi connectivity index (χ0v) is 16.5. The fraction of sp³-hybridized carbons (Fsp3) is 0.600. The van der Waals surface area contributed by atoms with Crippen molar-refractivity contribution in [2.75, 3.05) is 18.0 Å². The summed E-state index contributed by atoms with van der Waals surface area (Å²) in [5.41, 5.74) is 2.09. The number of aliphatic hydroxyl groups is 1. The second kappa shape index (κ2) is 7.76. The summed E-state index contributed by atoms with van der Waals surface area (Å²) in [5, 5.41) is 13.3. The molecule has 3 heterocycles. The van der Waals surface area contributed by atoms with E-state index in [0.29, 0.717) is 18.1 Å². The fourth-order valence-corrected chi connectivity index (χ4v) is 3.54. The molecule has 1 aliphatic heterocycles. The third-order valence-corrected chi connectivity index (χ3v) is 5.09. The zero-order chi connectivity index (χ0) is 19.6. The van der Waals surface area contributed by atoms with Crippen molar-refractivity contribution in [1.29, 1.82) is 0 Å². The molecule has 7 heteroatoms. The predicted octanol–water partition coefficient (Wildman–Crippen LogP) is 2.15. The van der Waals surface area contributed by atoms with E-state index in [9.17, 15) is 9.90 Å². The van der Waals surface area contributed by atoms with E-state index in [1.54, 1.807) is 18.6 Å². The maximum absolute atomic E-state index is 12.4. The number of nitrogens with zero attached hydrogens (tertiary/aromatic N) is 4. The number of pyridine rings is 1. The Morgan fingerprint density at radius 1 is 1.26 bits per heavy atom. The van der Waals surface area contributed by atoms with E-state index in [1.165, 1.54) is 0 Å². The number of aromatic nitrogens is 3. The second-order valence-electron chi connectivity index (χ2n) is 8.65. The van der Waals surface area contributed by atoms with Gasteiger partial charge in [0.2, 0.25) is 5.91 Å². The van der Waals surface area contributed by atoms with Crippen molar-refractivity contribution in [3.8, 4) is 0 Å². The summed E-state index contributed by atoms with van der Waals surface area (Å²) in [7, 11) is 0. The number of nitrogens with one attached hydrogen (secondary N) is 1. The molecular weight excluding hydrogens is 342 g/mol. The molecule has 27 heavy (non-hydrogen) atoms. The van der Waals surface area contributed by atoms with Gasteiger partial charge in [-0.25, -0.2) is 15.0 Å². The largest absolute Gasteiger partial charge is 0.392 e. The lowest BCUT2D eigenvalue weighted by atomic mass is 9.87. The highest BCUT2D eigenvalue weighted by Gasteiger charge is 2.29. The first-order valence-electron chi connectivity index (χ1n) is 9.52. The van der Waals surface area contributed by atoms with Crippen LogP contribution in [0.3, 0.4) is 0 Å². The van der Waals surface area contributed by atoms with Gasteiger partial charge >= 0.3 is 0 Å². The van der Waals surface area contributed by atoms with Gasteiger partial charge in [-0.3, -0.25) is 4.79 Å². The maximum atomic E-state index is 12.4. The predicted molar refractivity (Wildman–Crippen MR) is 105 cm³/mol. The smallest absolute Gasteiger partial charge is 0.222 e. The molecule has 0 bridgehead atoms. The number of carbonyl (C=O) groups excluding carboxylic acids is 1. The van der Waals surface area contributed by atoms with Crippen LogP contribution in [0.4, 0.5) is 5.69 Å². The number of piperidine rings is 1. The Morgan fingerprint density at radius 3 is 2.70 bits per heavy atom. The Kier molecular flexibility index (Phi) is 5.60. The summed E-state index contributed by atoms with van der Waals surface area (Å²) in [4.78, 5) is 27.7. The molecule has 2 aromatic heterocycles. The first-order chi connectivity index (χ1) is 12.7. The number of hydrogen-bond acceptors (Lipinski definition) is 6. The number of carbonyl (C=O) groups is 1. The number of aliphatic hydroxyl groups excluding tert-OH is 1. The van der Waals surface area contributed by atoms with Gasteiger partial charge in [-0.1, -0.05) is 27.7 Å². The summed E-state index contributed by atoms with van der Waals surface area (Å²) in [6.07, 6.45) is 5.45. The number of rotatable bonds is 4. The minimum absolute atomic E-state index is 0.0355. The van der Waals surface area contributed by atoms with Gasteiger partial charge in [-0.05, 0) is 23.8 Å². The third-order valence-electron chi connectivity index (χ3n) is 5.09. The van der Waals surface area contributed by atoms with Gasteiger partial charge in [0, 0.05) is 37.7 Å². The van der Waals surface area contributed by atoms with Crippen molar-refractivity contribution in [3.05, 3.63) is 24.7 Å². The summed E-state index contributed by atoms with van der Waals surface area (Å²) < 4.78 is 0. The van der Waals surface area contributed by atoms with Crippen molar-refractivity contribution >= 4 is 22.8 Å². The van der Waals surface area contributed by atoms with Crippen molar-refractivity contribution in [2.24, 2.45) is 11.3 Å². The van der Waals surface area contributed by atoms with Gasteiger partial charge in [-0.15, -0.1) is 0 Å². The summed E-state index contributed by atoms with van der Waals surface area (Å²) in [6.45, 7) is 9.59. The van der Waals surface area contributed by atoms with Crippen LogP contribution in [0.25, 0.3) is 11.2 Å². The highest BCUT2D eigenvalue weighted by molar-refractivity contribution is 5.85. The minimum atomic E-state index is -0.658. The summed E-state index contributed by atoms with van der Waals surface area (Å²) in [6, 6.07) is 1.99. The van der Waals surface area contributed by atoms with Crippen LogP contribution in [-0.2, 0) is 4.79 Å². The maximum Gasteiger partial charge on any atom is 0.222 e. The highest BCUT2D eigenvalue weighted by Crippen LogP contribution is 2.27. The van der Waals surface area contributed by atoms with E-state index in [4.69, 9.17) is 0 Å². The summed E-state index contributed by atoms with van der Waals surface area (Å²) in [5.74, 6) is 0.326. The van der Waals surface area contributed by atoms with Gasteiger partial charge in [0.25, 0.3) is 0 Å². The van der Waals surface area contributed by atoms with Gasteiger partial charge in [0.05, 0.1) is 18.2 Å². The van der Waals surface area contributed by atoms with Crippen molar-refractivity contribution in [3.63, 3.8) is 0 Å². The number of fused-ring (bicyclic) bond motifs is 1. The van der Waals surface area contributed by atoms with E-state index < -0.39 is 6.10 Å². The van der Waals surface area contributed by atoms with Gasteiger partial charge < -0.3 is 15.3 Å². The monoisotopic (exact) mass is 371 g/mol. The zero-order valence-electron chi connectivity index (χ0n) is 16.5. The second-order valence-corrected chi connectivity index (χ2v) is 8.65. The lowest BCUT2D eigenvalue weighted by Crippen LogP contribution is -2.51. The van der Waals surface area contributed by atoms with E-state index >= 15 is 0 Å². The molecule has 0 aromatic carbocycles. The topological polar surface area (TPSA) is 91.2 Å². The van der Waals surface area contributed by atoms with Crippen LogP contribution in [0.5, 0.6) is 0 Å². The Morgan fingerprint density at radius 2 is 1.96 bits per heavy atom. The molecule has 7 nitrogen and oxygen atoms in total. The number of anilines is 1. The Labute approximate surface area is 160 Å². The molecule has 1 aliphatic rings. The fourth-order valence-electron chi connectivity index (χ4n) is 3.54. The minimum Gasteiger partial charge on any atom is -0.392 e.